The van der Waals surface area contributed by atoms with E-state index in [0.29, 0.717) is 0 Å². The Labute approximate surface area is 130 Å². The summed E-state index contributed by atoms with van der Waals surface area (Å²) in [5.41, 5.74) is -2.18. The van der Waals surface area contributed by atoms with E-state index in [1.807, 2.05) is 0 Å². The van der Waals surface area contributed by atoms with Crippen LogP contribution in [-0.2, 0) is 4.79 Å². The standard InChI is InChI=1S/C14H13N3O6/c1-14(6-5-9(18)15-13(14)21)16-11(19)7-3-2-4-8(17(22)23)10(7)12(16)20/h2-4,13,21H,5-6H2,1H3,(H,15,18)/t13?,14-/m1/s1. The minimum absolute atomic E-state index is 0.0308. The number of fused-ring (bicyclic) bond motifs is 1. The van der Waals surface area contributed by atoms with E-state index in [2.05, 4.69) is 5.32 Å². The SMILES string of the molecule is C[C@@]1(N2C(=O)c3cccc([N+](=O)[O-])c3C2=O)CCC(=O)NC1O. The summed E-state index contributed by atoms with van der Waals surface area (Å²) in [7, 11) is 0. The van der Waals surface area contributed by atoms with Crippen LogP contribution in [0.1, 0.15) is 40.5 Å². The second-order valence-corrected chi connectivity index (χ2v) is 5.73. The molecular formula is C14H13N3O6. The number of carbonyl (C=O) groups is 3. The Balaban J connectivity index is 2.09. The van der Waals surface area contributed by atoms with Crippen LogP contribution in [0.25, 0.3) is 0 Å². The summed E-state index contributed by atoms with van der Waals surface area (Å²) in [6, 6.07) is 3.81. The van der Waals surface area contributed by atoms with Gasteiger partial charge in [-0.1, -0.05) is 6.07 Å². The number of nitro groups is 1. The lowest BCUT2D eigenvalue weighted by Gasteiger charge is -2.43. The van der Waals surface area contributed by atoms with Gasteiger partial charge in [0, 0.05) is 12.5 Å². The molecule has 9 heteroatoms. The highest BCUT2D eigenvalue weighted by Gasteiger charge is 2.53. The molecule has 2 aliphatic rings. The van der Waals surface area contributed by atoms with Gasteiger partial charge in [0.2, 0.25) is 5.91 Å². The molecule has 0 saturated carbocycles. The van der Waals surface area contributed by atoms with E-state index in [0.717, 1.165) is 11.0 Å². The lowest BCUT2D eigenvalue weighted by molar-refractivity contribution is -0.385. The minimum atomic E-state index is -1.44. The molecule has 2 atom stereocenters. The molecule has 1 aromatic rings. The van der Waals surface area contributed by atoms with Gasteiger partial charge in [-0.3, -0.25) is 29.4 Å². The van der Waals surface area contributed by atoms with Gasteiger partial charge < -0.3 is 10.4 Å². The highest BCUT2D eigenvalue weighted by Crippen LogP contribution is 2.38. The zero-order valence-corrected chi connectivity index (χ0v) is 12.1. The first-order valence-corrected chi connectivity index (χ1v) is 6.91. The topological polar surface area (TPSA) is 130 Å². The molecule has 120 valence electrons. The highest BCUT2D eigenvalue weighted by molar-refractivity contribution is 6.23. The van der Waals surface area contributed by atoms with E-state index in [-0.39, 0.29) is 24.0 Å². The smallest absolute Gasteiger partial charge is 0.282 e. The lowest BCUT2D eigenvalue weighted by Crippen LogP contribution is -2.65. The zero-order valence-electron chi connectivity index (χ0n) is 12.1. The lowest BCUT2D eigenvalue weighted by atomic mass is 9.88. The van der Waals surface area contributed by atoms with Gasteiger partial charge in [0.1, 0.15) is 11.8 Å². The van der Waals surface area contributed by atoms with Crippen molar-refractivity contribution in [1.82, 2.24) is 10.2 Å². The summed E-state index contributed by atoms with van der Waals surface area (Å²) in [6.45, 7) is 1.46. The number of hydrogen-bond acceptors (Lipinski definition) is 6. The molecule has 3 amide bonds. The van der Waals surface area contributed by atoms with E-state index in [1.165, 1.54) is 19.1 Å². The fourth-order valence-electron chi connectivity index (χ4n) is 3.00. The number of imide groups is 1. The maximum Gasteiger partial charge on any atom is 0.282 e. The number of benzene rings is 1. The van der Waals surface area contributed by atoms with E-state index >= 15 is 0 Å². The molecule has 0 bridgehead atoms. The van der Waals surface area contributed by atoms with Crippen LogP contribution in [0, 0.1) is 10.1 Å². The summed E-state index contributed by atoms with van der Waals surface area (Å²) in [5.74, 6) is -1.95. The average molecular weight is 319 g/mol. The molecule has 1 unspecified atom stereocenters. The van der Waals surface area contributed by atoms with Crippen molar-refractivity contribution in [2.75, 3.05) is 0 Å². The molecule has 1 aromatic carbocycles. The normalized spacial score (nSPS) is 27.0. The van der Waals surface area contributed by atoms with Gasteiger partial charge in [-0.05, 0) is 19.4 Å². The molecule has 23 heavy (non-hydrogen) atoms. The van der Waals surface area contributed by atoms with Gasteiger partial charge in [0.05, 0.1) is 16.0 Å². The largest absolute Gasteiger partial charge is 0.371 e. The van der Waals surface area contributed by atoms with E-state index in [1.54, 1.807) is 0 Å². The number of carbonyl (C=O) groups excluding carboxylic acids is 3. The Morgan fingerprint density at radius 2 is 2.04 bits per heavy atom. The van der Waals surface area contributed by atoms with Crippen molar-refractivity contribution >= 4 is 23.4 Å². The predicted octanol–water partition coefficient (Wildman–Crippen LogP) is 0.178. The van der Waals surface area contributed by atoms with Crippen LogP contribution < -0.4 is 5.32 Å². The van der Waals surface area contributed by atoms with E-state index in [9.17, 15) is 29.6 Å². The van der Waals surface area contributed by atoms with E-state index < -0.39 is 40.1 Å². The molecule has 1 fully saturated rings. The molecule has 3 rings (SSSR count). The Bertz CT molecular complexity index is 761. The summed E-state index contributed by atoms with van der Waals surface area (Å²) in [5, 5.41) is 23.5. The van der Waals surface area contributed by atoms with Crippen LogP contribution in [0.4, 0.5) is 5.69 Å². The summed E-state index contributed by atoms with van der Waals surface area (Å²) >= 11 is 0. The van der Waals surface area contributed by atoms with Crippen molar-refractivity contribution in [2.24, 2.45) is 0 Å². The fourth-order valence-corrected chi connectivity index (χ4v) is 3.00. The van der Waals surface area contributed by atoms with Gasteiger partial charge >= 0.3 is 0 Å². The second-order valence-electron chi connectivity index (χ2n) is 5.73. The highest BCUT2D eigenvalue weighted by atomic mass is 16.6. The van der Waals surface area contributed by atoms with Crippen molar-refractivity contribution in [3.63, 3.8) is 0 Å². The van der Waals surface area contributed by atoms with Gasteiger partial charge in [-0.2, -0.15) is 0 Å². The number of nitrogens with zero attached hydrogens (tertiary/aromatic N) is 2. The maximum atomic E-state index is 12.6. The summed E-state index contributed by atoms with van der Waals surface area (Å²) < 4.78 is 0. The van der Waals surface area contributed by atoms with Crippen molar-refractivity contribution in [3.05, 3.63) is 39.4 Å². The van der Waals surface area contributed by atoms with Crippen LogP contribution >= 0.6 is 0 Å². The Morgan fingerprint density at radius 1 is 1.35 bits per heavy atom. The quantitative estimate of drug-likeness (QED) is 0.454. The first-order valence-electron chi connectivity index (χ1n) is 6.91. The molecule has 2 heterocycles. The molecule has 0 radical (unpaired) electrons. The van der Waals surface area contributed by atoms with Crippen molar-refractivity contribution in [3.8, 4) is 0 Å². The second kappa shape index (κ2) is 4.85. The molecule has 1 saturated heterocycles. The number of nitro benzene ring substituents is 1. The predicted molar refractivity (Wildman–Crippen MR) is 75.4 cm³/mol. The molecule has 2 N–H and O–H groups in total. The molecule has 0 aliphatic carbocycles. The first kappa shape index (κ1) is 15.1. The minimum Gasteiger partial charge on any atom is -0.371 e. The van der Waals surface area contributed by atoms with Crippen LogP contribution in [0.3, 0.4) is 0 Å². The number of hydrogen-bond donors (Lipinski definition) is 2. The third-order valence-electron chi connectivity index (χ3n) is 4.35. The van der Waals surface area contributed by atoms with Crippen molar-refractivity contribution < 1.29 is 24.4 Å². The van der Waals surface area contributed by atoms with Gasteiger partial charge in [-0.25, -0.2) is 0 Å². The average Bonchev–Trinajstić information content (AvgIpc) is 2.76. The number of rotatable bonds is 2. The number of nitrogens with one attached hydrogen (secondary N) is 1. The Hall–Kier alpha value is -2.81. The van der Waals surface area contributed by atoms with Crippen molar-refractivity contribution in [1.29, 1.82) is 0 Å². The van der Waals surface area contributed by atoms with Crippen LogP contribution in [0.15, 0.2) is 18.2 Å². The Morgan fingerprint density at radius 3 is 2.65 bits per heavy atom. The van der Waals surface area contributed by atoms with E-state index in [4.69, 9.17) is 0 Å². The fraction of sp³-hybridized carbons (Fsp3) is 0.357. The van der Waals surface area contributed by atoms with Crippen LogP contribution in [0.2, 0.25) is 0 Å². The Kier molecular flexibility index (Phi) is 3.18. The van der Waals surface area contributed by atoms with Crippen LogP contribution in [0.5, 0.6) is 0 Å². The molecule has 2 aliphatic heterocycles. The number of aliphatic hydroxyl groups is 1. The molecule has 0 spiro atoms. The molecule has 9 nitrogen and oxygen atoms in total. The summed E-state index contributed by atoms with van der Waals surface area (Å²) in [4.78, 5) is 47.8. The van der Waals surface area contributed by atoms with Gasteiger partial charge in [-0.15, -0.1) is 0 Å². The molecular weight excluding hydrogens is 306 g/mol. The van der Waals surface area contributed by atoms with Crippen molar-refractivity contribution in [2.45, 2.75) is 31.5 Å². The first-order chi connectivity index (χ1) is 10.8. The maximum absolute atomic E-state index is 12.6. The number of amides is 3. The van der Waals surface area contributed by atoms with Crippen LogP contribution in [-0.4, -0.2) is 44.4 Å². The summed E-state index contributed by atoms with van der Waals surface area (Å²) in [6.07, 6.45) is -1.34. The third kappa shape index (κ3) is 2.00. The van der Waals surface area contributed by atoms with Gasteiger partial charge in [0.25, 0.3) is 17.5 Å². The monoisotopic (exact) mass is 319 g/mol. The molecule has 0 aromatic heterocycles. The zero-order chi connectivity index (χ0) is 16.9. The van der Waals surface area contributed by atoms with Gasteiger partial charge in [0.15, 0.2) is 0 Å². The third-order valence-corrected chi connectivity index (χ3v) is 4.35. The number of aliphatic hydroxyl groups excluding tert-OH is 1. The number of piperidine rings is 1.